The molecule has 0 fully saturated rings. The van der Waals surface area contributed by atoms with Crippen molar-refractivity contribution in [3.63, 3.8) is 0 Å². The Labute approximate surface area is 121 Å². The quantitative estimate of drug-likeness (QED) is 0.650. The standard InChI is InChI=1S/C8H9N5O4S3/c1-4-5(2-9-10-4)20(16,17)13-7-11-12-8(19-7)18-3-6(14)15/h2H,3H2,1H3,(H,9,10)(H,11,13)(H,14,15). The maximum Gasteiger partial charge on any atom is 0.313 e. The van der Waals surface area contributed by atoms with Crippen LogP contribution in [0.5, 0.6) is 0 Å². The number of nitrogens with zero attached hydrogens (tertiary/aromatic N) is 3. The van der Waals surface area contributed by atoms with Gasteiger partial charge in [-0.1, -0.05) is 23.1 Å². The van der Waals surface area contributed by atoms with Crippen LogP contribution < -0.4 is 4.72 Å². The zero-order valence-electron chi connectivity index (χ0n) is 10.0. The number of carboxylic acids is 1. The van der Waals surface area contributed by atoms with Gasteiger partial charge in [-0.3, -0.25) is 14.6 Å². The van der Waals surface area contributed by atoms with E-state index in [1.54, 1.807) is 6.92 Å². The monoisotopic (exact) mass is 335 g/mol. The van der Waals surface area contributed by atoms with Gasteiger partial charge in [-0.05, 0) is 6.92 Å². The number of nitrogens with one attached hydrogen (secondary N) is 2. The van der Waals surface area contributed by atoms with Crippen LogP contribution in [0.2, 0.25) is 0 Å². The average Bonchev–Trinajstić information content (AvgIpc) is 2.95. The predicted molar refractivity (Wildman–Crippen MR) is 72.4 cm³/mol. The number of thioether (sulfide) groups is 1. The highest BCUT2D eigenvalue weighted by Gasteiger charge is 2.20. The number of aliphatic carboxylic acids is 1. The molecule has 12 heteroatoms. The Morgan fingerprint density at radius 2 is 2.30 bits per heavy atom. The van der Waals surface area contributed by atoms with Crippen LogP contribution in [0.4, 0.5) is 5.13 Å². The molecule has 0 aliphatic heterocycles. The van der Waals surface area contributed by atoms with Gasteiger partial charge in [-0.25, -0.2) is 8.42 Å². The van der Waals surface area contributed by atoms with E-state index in [1.807, 2.05) is 0 Å². The van der Waals surface area contributed by atoms with E-state index >= 15 is 0 Å². The van der Waals surface area contributed by atoms with Gasteiger partial charge in [0.2, 0.25) is 5.13 Å². The third-order valence-electron chi connectivity index (χ3n) is 2.02. The highest BCUT2D eigenvalue weighted by atomic mass is 32.2. The van der Waals surface area contributed by atoms with Gasteiger partial charge in [0, 0.05) is 0 Å². The highest BCUT2D eigenvalue weighted by molar-refractivity contribution is 8.01. The molecule has 0 spiro atoms. The fraction of sp³-hybridized carbons (Fsp3) is 0.250. The van der Waals surface area contributed by atoms with Gasteiger partial charge in [-0.15, -0.1) is 10.2 Å². The van der Waals surface area contributed by atoms with Gasteiger partial charge in [0.15, 0.2) is 4.34 Å². The van der Waals surface area contributed by atoms with Crippen LogP contribution in [0, 0.1) is 6.92 Å². The van der Waals surface area contributed by atoms with Crippen LogP contribution in [0.25, 0.3) is 0 Å². The van der Waals surface area contributed by atoms with Crippen molar-refractivity contribution in [3.05, 3.63) is 11.9 Å². The third kappa shape index (κ3) is 3.46. The molecule has 0 bridgehead atoms. The van der Waals surface area contributed by atoms with E-state index in [0.717, 1.165) is 23.1 Å². The van der Waals surface area contributed by atoms with Gasteiger partial charge >= 0.3 is 5.97 Å². The fourth-order valence-electron chi connectivity index (χ4n) is 1.21. The summed E-state index contributed by atoms with van der Waals surface area (Å²) in [6.45, 7) is 1.58. The van der Waals surface area contributed by atoms with Gasteiger partial charge in [0.25, 0.3) is 10.0 Å². The van der Waals surface area contributed by atoms with Crippen molar-refractivity contribution in [2.45, 2.75) is 16.2 Å². The molecule has 2 rings (SSSR count). The number of anilines is 1. The second-order valence-corrected chi connectivity index (χ2v) is 7.37. The molecule has 3 N–H and O–H groups in total. The number of aryl methyl sites for hydroxylation is 1. The first-order valence-corrected chi connectivity index (χ1v) is 8.38. The summed E-state index contributed by atoms with van der Waals surface area (Å²) in [6.07, 6.45) is 1.19. The Balaban J connectivity index is 2.11. The smallest absolute Gasteiger partial charge is 0.313 e. The zero-order valence-corrected chi connectivity index (χ0v) is 12.5. The van der Waals surface area contributed by atoms with Crippen LogP contribution in [0.15, 0.2) is 15.4 Å². The Hall–Kier alpha value is -1.66. The van der Waals surface area contributed by atoms with Crippen LogP contribution in [-0.4, -0.2) is 45.6 Å². The molecule has 0 unspecified atom stereocenters. The van der Waals surface area contributed by atoms with E-state index in [9.17, 15) is 13.2 Å². The molecule has 2 heterocycles. The molecular formula is C8H9N5O4S3. The minimum absolute atomic E-state index is 0.0208. The number of sulfonamides is 1. The summed E-state index contributed by atoms with van der Waals surface area (Å²) in [4.78, 5) is 10.4. The molecule has 0 amide bonds. The molecule has 0 radical (unpaired) electrons. The SMILES string of the molecule is Cc1[nH]ncc1S(=O)(=O)Nc1nnc(SCC(=O)O)s1. The van der Waals surface area contributed by atoms with Gasteiger partial charge in [-0.2, -0.15) is 5.10 Å². The molecule has 2 aromatic heterocycles. The number of aromatic amines is 1. The van der Waals surface area contributed by atoms with Crippen LogP contribution in [-0.2, 0) is 14.8 Å². The van der Waals surface area contributed by atoms with Crippen LogP contribution >= 0.6 is 23.1 Å². The molecular weight excluding hydrogens is 326 g/mol. The van der Waals surface area contributed by atoms with Gasteiger partial charge < -0.3 is 5.11 Å². The lowest BCUT2D eigenvalue weighted by Gasteiger charge is -2.02. The molecule has 108 valence electrons. The number of hydrogen-bond donors (Lipinski definition) is 3. The Kier molecular flexibility index (Phi) is 4.25. The van der Waals surface area contributed by atoms with Crippen molar-refractivity contribution >= 4 is 44.2 Å². The van der Waals surface area contributed by atoms with Crippen LogP contribution in [0.1, 0.15) is 5.69 Å². The number of carbonyl (C=O) groups is 1. The van der Waals surface area contributed by atoms with E-state index in [4.69, 9.17) is 5.11 Å². The van der Waals surface area contributed by atoms with E-state index < -0.39 is 16.0 Å². The van der Waals surface area contributed by atoms with Crippen molar-refractivity contribution in [2.75, 3.05) is 10.5 Å². The fourth-order valence-corrected chi connectivity index (χ4v) is 4.05. The average molecular weight is 335 g/mol. The van der Waals surface area contributed by atoms with Gasteiger partial charge in [0.1, 0.15) is 4.90 Å². The normalized spacial score (nSPS) is 11.4. The lowest BCUT2D eigenvalue weighted by molar-refractivity contribution is -0.133. The number of H-pyrrole nitrogens is 1. The summed E-state index contributed by atoms with van der Waals surface area (Å²) in [6, 6.07) is 0. The molecule has 0 saturated heterocycles. The second-order valence-electron chi connectivity index (χ2n) is 3.52. The van der Waals surface area contributed by atoms with E-state index in [1.165, 1.54) is 6.20 Å². The first kappa shape index (κ1) is 14.7. The van der Waals surface area contributed by atoms with Crippen LogP contribution in [0.3, 0.4) is 0 Å². The second kappa shape index (κ2) is 5.76. The number of hydrogen-bond acceptors (Lipinski definition) is 8. The molecule has 2 aromatic rings. The van der Waals surface area contributed by atoms with Crippen molar-refractivity contribution < 1.29 is 18.3 Å². The van der Waals surface area contributed by atoms with E-state index in [0.29, 0.717) is 10.0 Å². The summed E-state index contributed by atoms with van der Waals surface area (Å²) >= 11 is 1.93. The lowest BCUT2D eigenvalue weighted by atomic mass is 10.5. The number of aromatic nitrogens is 4. The van der Waals surface area contributed by atoms with Crippen molar-refractivity contribution in [3.8, 4) is 0 Å². The number of carboxylic acid groups (broad SMARTS) is 1. The Morgan fingerprint density at radius 1 is 1.55 bits per heavy atom. The van der Waals surface area contributed by atoms with E-state index in [2.05, 4.69) is 25.1 Å². The summed E-state index contributed by atoms with van der Waals surface area (Å²) in [7, 11) is -3.78. The molecule has 0 atom stereocenters. The van der Waals surface area contributed by atoms with Gasteiger partial charge in [0.05, 0.1) is 17.6 Å². The Bertz CT molecular complexity index is 722. The van der Waals surface area contributed by atoms with Crippen molar-refractivity contribution in [1.29, 1.82) is 0 Å². The maximum absolute atomic E-state index is 12.0. The molecule has 20 heavy (non-hydrogen) atoms. The maximum atomic E-state index is 12.0. The summed E-state index contributed by atoms with van der Waals surface area (Å²) < 4.78 is 26.7. The zero-order chi connectivity index (χ0) is 14.8. The molecule has 0 aliphatic rings. The summed E-state index contributed by atoms with van der Waals surface area (Å²) in [5.41, 5.74) is 0.405. The molecule has 0 aromatic carbocycles. The van der Waals surface area contributed by atoms with E-state index in [-0.39, 0.29) is 15.8 Å². The minimum Gasteiger partial charge on any atom is -0.481 e. The van der Waals surface area contributed by atoms with Crippen molar-refractivity contribution in [2.24, 2.45) is 0 Å². The lowest BCUT2D eigenvalue weighted by Crippen LogP contribution is -2.13. The summed E-state index contributed by atoms with van der Waals surface area (Å²) in [5, 5.41) is 22.1. The molecule has 9 nitrogen and oxygen atoms in total. The highest BCUT2D eigenvalue weighted by Crippen LogP contribution is 2.27. The third-order valence-corrected chi connectivity index (χ3v) is 5.56. The van der Waals surface area contributed by atoms with Crippen molar-refractivity contribution in [1.82, 2.24) is 20.4 Å². The first-order chi connectivity index (χ1) is 9.38. The predicted octanol–water partition coefficient (Wildman–Crippen LogP) is 0.547. The number of rotatable bonds is 6. The Morgan fingerprint density at radius 3 is 2.90 bits per heavy atom. The minimum atomic E-state index is -3.78. The first-order valence-electron chi connectivity index (χ1n) is 5.09. The largest absolute Gasteiger partial charge is 0.481 e. The molecule has 0 aliphatic carbocycles. The topological polar surface area (TPSA) is 138 Å². The molecule has 0 saturated carbocycles. The summed E-state index contributed by atoms with van der Waals surface area (Å²) in [5.74, 6) is -1.15.